The fourth-order valence-electron chi connectivity index (χ4n) is 6.53. The molecule has 1 amide bonds. The Hall–Kier alpha value is -1.98. The van der Waals surface area contributed by atoms with Crippen LogP contribution in [-0.2, 0) is 9.53 Å². The van der Waals surface area contributed by atoms with Crippen molar-refractivity contribution in [2.24, 2.45) is 17.8 Å². The van der Waals surface area contributed by atoms with Crippen molar-refractivity contribution >= 4 is 52.1 Å². The second-order valence-electron chi connectivity index (χ2n) is 9.46. The zero-order chi connectivity index (χ0) is 21.8. The quantitative estimate of drug-likeness (QED) is 0.440. The summed E-state index contributed by atoms with van der Waals surface area (Å²) in [6.07, 6.45) is 10.4. The van der Waals surface area contributed by atoms with E-state index in [1.807, 2.05) is 0 Å². The Morgan fingerprint density at radius 2 is 1.81 bits per heavy atom. The highest BCUT2D eigenvalue weighted by Crippen LogP contribution is 2.55. The van der Waals surface area contributed by atoms with Crippen LogP contribution >= 0.6 is 23.2 Å². The molecule has 1 aromatic carbocycles. The lowest BCUT2D eigenvalue weighted by atomic mass is 9.53. The topological polar surface area (TPSA) is 71.2 Å². The molecule has 4 saturated carbocycles. The van der Waals surface area contributed by atoms with E-state index < -0.39 is 5.97 Å². The Kier molecular flexibility index (Phi) is 5.30. The van der Waals surface area contributed by atoms with E-state index in [4.69, 9.17) is 27.9 Å². The van der Waals surface area contributed by atoms with Crippen molar-refractivity contribution in [2.75, 3.05) is 6.61 Å². The molecule has 1 heterocycles. The monoisotopic (exact) mass is 460 g/mol. The molecule has 4 aliphatic rings. The lowest BCUT2D eigenvalue weighted by Crippen LogP contribution is -2.59. The van der Waals surface area contributed by atoms with Gasteiger partial charge in [0.25, 0.3) is 0 Å². The molecule has 2 aromatic rings. The molecule has 0 saturated heterocycles. The van der Waals surface area contributed by atoms with Crippen LogP contribution in [0.1, 0.15) is 61.5 Å². The third-order valence-corrected chi connectivity index (χ3v) is 7.68. The summed E-state index contributed by atoms with van der Waals surface area (Å²) in [7, 11) is 0. The predicted molar refractivity (Wildman–Crippen MR) is 122 cm³/mol. The van der Waals surface area contributed by atoms with E-state index in [2.05, 4.69) is 10.3 Å². The Morgan fingerprint density at radius 3 is 2.42 bits per heavy atom. The van der Waals surface area contributed by atoms with Gasteiger partial charge in [-0.05, 0) is 81.4 Å². The molecule has 0 atom stereocenters. The molecular weight excluding hydrogens is 435 g/mol. The standard InChI is InChI=1S/C24H26Cl2N2O3/c1-2-31-23(30)22-17(21-18(26)8-16(25)9-19(21)27-22)3-4-20(29)28-24-10-13-5-14(11-24)7-15(6-13)12-24/h3-4,8-9,13-15,27H,2,5-7,10-12H2,1H3,(H,28,29). The number of amides is 1. The minimum Gasteiger partial charge on any atom is -0.461 e. The first kappa shape index (κ1) is 20.9. The van der Waals surface area contributed by atoms with Gasteiger partial charge in [-0.2, -0.15) is 0 Å². The van der Waals surface area contributed by atoms with Gasteiger partial charge in [-0.1, -0.05) is 23.2 Å². The van der Waals surface area contributed by atoms with E-state index in [0.29, 0.717) is 26.5 Å². The fourth-order valence-corrected chi connectivity index (χ4v) is 7.12. The molecule has 0 aliphatic heterocycles. The first-order chi connectivity index (χ1) is 14.9. The van der Waals surface area contributed by atoms with Crippen molar-refractivity contribution in [2.45, 2.75) is 51.0 Å². The summed E-state index contributed by atoms with van der Waals surface area (Å²) in [4.78, 5) is 28.5. The Balaban J connectivity index is 1.43. The number of H-pyrrole nitrogens is 1. The van der Waals surface area contributed by atoms with Crippen molar-refractivity contribution in [3.63, 3.8) is 0 Å². The number of ether oxygens (including phenoxy) is 1. The number of hydrogen-bond donors (Lipinski definition) is 2. The van der Waals surface area contributed by atoms with Gasteiger partial charge >= 0.3 is 5.97 Å². The summed E-state index contributed by atoms with van der Waals surface area (Å²) in [5.41, 5.74) is 1.36. The largest absolute Gasteiger partial charge is 0.461 e. The van der Waals surface area contributed by atoms with Crippen LogP contribution in [0, 0.1) is 17.8 Å². The van der Waals surface area contributed by atoms with Crippen LogP contribution in [0.2, 0.25) is 10.0 Å². The molecule has 164 valence electrons. The molecule has 6 rings (SSSR count). The van der Waals surface area contributed by atoms with Gasteiger partial charge < -0.3 is 15.0 Å². The molecule has 2 N–H and O–H groups in total. The van der Waals surface area contributed by atoms with E-state index >= 15 is 0 Å². The first-order valence-electron chi connectivity index (χ1n) is 11.0. The second kappa shape index (κ2) is 7.86. The van der Waals surface area contributed by atoms with Crippen molar-refractivity contribution in [3.8, 4) is 0 Å². The van der Waals surface area contributed by atoms with Gasteiger partial charge in [-0.15, -0.1) is 0 Å². The highest BCUT2D eigenvalue weighted by Gasteiger charge is 2.51. The number of halogens is 2. The molecule has 0 unspecified atom stereocenters. The number of fused-ring (bicyclic) bond motifs is 1. The first-order valence-corrected chi connectivity index (χ1v) is 11.8. The van der Waals surface area contributed by atoms with Crippen LogP contribution in [0.3, 0.4) is 0 Å². The maximum Gasteiger partial charge on any atom is 0.355 e. The molecule has 4 aliphatic carbocycles. The third-order valence-electron chi connectivity index (χ3n) is 7.16. The second-order valence-corrected chi connectivity index (χ2v) is 10.3. The number of benzene rings is 1. The molecular formula is C24H26Cl2N2O3. The number of aromatic nitrogens is 1. The van der Waals surface area contributed by atoms with E-state index in [1.54, 1.807) is 25.1 Å². The van der Waals surface area contributed by atoms with Gasteiger partial charge in [0.15, 0.2) is 0 Å². The van der Waals surface area contributed by atoms with Gasteiger partial charge in [0.05, 0.1) is 11.6 Å². The van der Waals surface area contributed by atoms with Gasteiger partial charge in [-0.3, -0.25) is 4.79 Å². The highest BCUT2D eigenvalue weighted by molar-refractivity contribution is 6.39. The number of aromatic amines is 1. The molecule has 7 heteroatoms. The Morgan fingerprint density at radius 1 is 1.16 bits per heavy atom. The highest BCUT2D eigenvalue weighted by atomic mass is 35.5. The van der Waals surface area contributed by atoms with Gasteiger partial charge in [0.1, 0.15) is 5.69 Å². The molecule has 4 bridgehead atoms. The number of nitrogens with one attached hydrogen (secondary N) is 2. The van der Waals surface area contributed by atoms with E-state index in [-0.39, 0.29) is 23.7 Å². The van der Waals surface area contributed by atoms with E-state index in [9.17, 15) is 9.59 Å². The van der Waals surface area contributed by atoms with Crippen LogP contribution in [0.15, 0.2) is 18.2 Å². The summed E-state index contributed by atoms with van der Waals surface area (Å²) >= 11 is 12.6. The molecule has 0 spiro atoms. The molecule has 4 fully saturated rings. The average Bonchev–Trinajstić information content (AvgIpc) is 3.04. The predicted octanol–water partition coefficient (Wildman–Crippen LogP) is 5.75. The minimum absolute atomic E-state index is 0.0640. The van der Waals surface area contributed by atoms with E-state index in [1.165, 1.54) is 25.3 Å². The number of carbonyl (C=O) groups is 2. The fraction of sp³-hybridized carbons (Fsp3) is 0.500. The third kappa shape index (κ3) is 3.87. The molecule has 1 aromatic heterocycles. The summed E-state index contributed by atoms with van der Waals surface area (Å²) in [5, 5.41) is 4.85. The zero-order valence-corrected chi connectivity index (χ0v) is 19.0. The molecule has 31 heavy (non-hydrogen) atoms. The van der Waals surface area contributed by atoms with Crippen molar-refractivity contribution in [3.05, 3.63) is 39.5 Å². The SMILES string of the molecule is CCOC(=O)c1[nH]c2cc(Cl)cc(Cl)c2c1C=CC(=O)NC12CC3CC(CC(C3)C1)C2. The maximum atomic E-state index is 12.9. The Bertz CT molecular complexity index is 1050. The van der Waals surface area contributed by atoms with Crippen molar-refractivity contribution < 1.29 is 14.3 Å². The van der Waals surface area contributed by atoms with E-state index in [0.717, 1.165) is 37.0 Å². The van der Waals surface area contributed by atoms with Gasteiger partial charge in [0, 0.05) is 33.1 Å². The maximum absolute atomic E-state index is 12.9. The number of rotatable bonds is 5. The average molecular weight is 461 g/mol. The lowest BCUT2D eigenvalue weighted by Gasteiger charge is -2.56. The smallest absolute Gasteiger partial charge is 0.355 e. The normalized spacial score (nSPS) is 29.1. The van der Waals surface area contributed by atoms with Crippen molar-refractivity contribution in [1.82, 2.24) is 10.3 Å². The van der Waals surface area contributed by atoms with Crippen LogP contribution < -0.4 is 5.32 Å². The number of carbonyl (C=O) groups excluding carboxylic acids is 2. The molecule has 0 radical (unpaired) electrons. The van der Waals surface area contributed by atoms with Gasteiger partial charge in [0.2, 0.25) is 5.91 Å². The molecule has 5 nitrogen and oxygen atoms in total. The summed E-state index contributed by atoms with van der Waals surface area (Å²) < 4.78 is 5.19. The van der Waals surface area contributed by atoms with Crippen LogP contribution in [-0.4, -0.2) is 29.0 Å². The summed E-state index contributed by atoms with van der Waals surface area (Å²) in [6.45, 7) is 2.00. The van der Waals surface area contributed by atoms with Crippen molar-refractivity contribution in [1.29, 1.82) is 0 Å². The van der Waals surface area contributed by atoms with Crippen LogP contribution in [0.4, 0.5) is 0 Å². The van der Waals surface area contributed by atoms with Gasteiger partial charge in [-0.25, -0.2) is 4.79 Å². The lowest BCUT2D eigenvalue weighted by molar-refractivity contribution is -0.122. The summed E-state index contributed by atoms with van der Waals surface area (Å²) in [6, 6.07) is 3.33. The zero-order valence-electron chi connectivity index (χ0n) is 17.5. The van der Waals surface area contributed by atoms with Crippen LogP contribution in [0.25, 0.3) is 17.0 Å². The summed E-state index contributed by atoms with van der Waals surface area (Å²) in [5.74, 6) is 1.64. The minimum atomic E-state index is -0.493. The number of esters is 1. The Labute approximate surface area is 191 Å². The number of hydrogen-bond acceptors (Lipinski definition) is 3. The van der Waals surface area contributed by atoms with Crippen LogP contribution in [0.5, 0.6) is 0 Å².